The number of rotatable bonds is 3. The van der Waals surface area contributed by atoms with Gasteiger partial charge in [0.1, 0.15) is 0 Å². The molecular formula is C19H17N3O4. The van der Waals surface area contributed by atoms with E-state index in [9.17, 15) is 14.4 Å². The standard InChI is InChI=1S/C19H17N3O4/c1-21-15-10-13(7-8-16(15)26-19(21)25)20-18(24)12-9-17(23)22(11-12)14-5-3-2-4-6-14/h2-8,10,12H,9,11H2,1H3,(H,20,24). The number of carbonyl (C=O) groups excluding carboxylic acids is 2. The Morgan fingerprint density at radius 1 is 1.15 bits per heavy atom. The second kappa shape index (κ2) is 6.18. The van der Waals surface area contributed by atoms with Crippen LogP contribution in [0.5, 0.6) is 0 Å². The maximum Gasteiger partial charge on any atom is 0.419 e. The number of oxazole rings is 1. The quantitative estimate of drug-likeness (QED) is 0.783. The lowest BCUT2D eigenvalue weighted by molar-refractivity contribution is -0.122. The summed E-state index contributed by atoms with van der Waals surface area (Å²) in [4.78, 5) is 38.0. The fraction of sp³-hybridized carbons (Fsp3) is 0.211. The SMILES string of the molecule is Cn1c(=O)oc2ccc(NC(=O)C3CC(=O)N(c4ccccc4)C3)cc21. The Morgan fingerprint density at radius 2 is 1.92 bits per heavy atom. The number of hydrogen-bond acceptors (Lipinski definition) is 4. The van der Waals surface area contributed by atoms with Crippen LogP contribution in [0.4, 0.5) is 11.4 Å². The molecule has 3 aromatic rings. The molecule has 1 N–H and O–H groups in total. The summed E-state index contributed by atoms with van der Waals surface area (Å²) in [5.74, 6) is -1.16. The van der Waals surface area contributed by atoms with Crippen molar-refractivity contribution < 1.29 is 14.0 Å². The number of aryl methyl sites for hydroxylation is 1. The molecule has 7 nitrogen and oxygen atoms in total. The third-order valence-corrected chi connectivity index (χ3v) is 4.62. The lowest BCUT2D eigenvalue weighted by atomic mass is 10.1. The molecule has 1 fully saturated rings. The van der Waals surface area contributed by atoms with Gasteiger partial charge in [-0.05, 0) is 30.3 Å². The zero-order valence-corrected chi connectivity index (χ0v) is 14.1. The Labute approximate surface area is 148 Å². The summed E-state index contributed by atoms with van der Waals surface area (Å²) in [6.07, 6.45) is 0.174. The van der Waals surface area contributed by atoms with Crippen LogP contribution in [0.2, 0.25) is 0 Å². The number of para-hydroxylation sites is 1. The third kappa shape index (κ3) is 2.77. The van der Waals surface area contributed by atoms with Crippen molar-refractivity contribution in [3.63, 3.8) is 0 Å². The number of carbonyl (C=O) groups is 2. The number of aromatic nitrogens is 1. The van der Waals surface area contributed by atoms with Crippen LogP contribution in [0.15, 0.2) is 57.7 Å². The van der Waals surface area contributed by atoms with Crippen molar-refractivity contribution in [3.8, 4) is 0 Å². The summed E-state index contributed by atoms with van der Waals surface area (Å²) in [5, 5.41) is 2.83. The number of benzene rings is 2. The van der Waals surface area contributed by atoms with Crippen LogP contribution >= 0.6 is 0 Å². The Balaban J connectivity index is 1.51. The van der Waals surface area contributed by atoms with Gasteiger partial charge in [-0.1, -0.05) is 18.2 Å². The van der Waals surface area contributed by atoms with Gasteiger partial charge < -0.3 is 14.6 Å². The van der Waals surface area contributed by atoms with Crippen LogP contribution in [-0.4, -0.2) is 22.9 Å². The average molecular weight is 351 g/mol. The molecule has 1 saturated heterocycles. The van der Waals surface area contributed by atoms with Crippen molar-refractivity contribution in [2.45, 2.75) is 6.42 Å². The van der Waals surface area contributed by atoms with Crippen molar-refractivity contribution in [1.29, 1.82) is 0 Å². The zero-order chi connectivity index (χ0) is 18.3. The fourth-order valence-corrected chi connectivity index (χ4v) is 3.19. The highest BCUT2D eigenvalue weighted by molar-refractivity contribution is 6.03. The summed E-state index contributed by atoms with van der Waals surface area (Å²) in [6, 6.07) is 14.3. The van der Waals surface area contributed by atoms with E-state index in [1.165, 1.54) is 4.57 Å². The lowest BCUT2D eigenvalue weighted by Gasteiger charge is -2.16. The number of hydrogen-bond donors (Lipinski definition) is 1. The van der Waals surface area contributed by atoms with E-state index >= 15 is 0 Å². The van der Waals surface area contributed by atoms with Crippen molar-refractivity contribution in [2.24, 2.45) is 13.0 Å². The molecule has 132 valence electrons. The molecule has 1 aromatic heterocycles. The topological polar surface area (TPSA) is 84.5 Å². The van der Waals surface area contributed by atoms with Crippen molar-refractivity contribution >= 4 is 34.3 Å². The molecule has 1 atom stereocenters. The first-order valence-corrected chi connectivity index (χ1v) is 8.29. The van der Waals surface area contributed by atoms with Crippen LogP contribution in [0.3, 0.4) is 0 Å². The molecular weight excluding hydrogens is 334 g/mol. The summed E-state index contributed by atoms with van der Waals surface area (Å²) >= 11 is 0. The third-order valence-electron chi connectivity index (χ3n) is 4.62. The molecule has 0 bridgehead atoms. The van der Waals surface area contributed by atoms with Gasteiger partial charge in [0.25, 0.3) is 0 Å². The minimum atomic E-state index is -0.455. The van der Waals surface area contributed by atoms with Gasteiger partial charge in [-0.25, -0.2) is 4.79 Å². The minimum absolute atomic E-state index is 0.0657. The predicted molar refractivity (Wildman–Crippen MR) is 97.0 cm³/mol. The largest absolute Gasteiger partial charge is 0.419 e. The average Bonchev–Trinajstić information content (AvgIpc) is 3.17. The first-order chi connectivity index (χ1) is 12.5. The van der Waals surface area contributed by atoms with Crippen molar-refractivity contribution in [2.75, 3.05) is 16.8 Å². The Hall–Kier alpha value is -3.35. The van der Waals surface area contributed by atoms with Gasteiger partial charge in [0, 0.05) is 31.4 Å². The zero-order valence-electron chi connectivity index (χ0n) is 14.1. The number of nitrogens with zero attached hydrogens (tertiary/aromatic N) is 2. The predicted octanol–water partition coefficient (Wildman–Crippen LogP) is 2.12. The first-order valence-electron chi connectivity index (χ1n) is 8.29. The Kier molecular flexibility index (Phi) is 3.84. The summed E-state index contributed by atoms with van der Waals surface area (Å²) in [5.41, 5.74) is 2.41. The number of fused-ring (bicyclic) bond motifs is 1. The molecule has 4 rings (SSSR count). The maximum atomic E-state index is 12.6. The van der Waals surface area contributed by atoms with Gasteiger partial charge in [0.15, 0.2) is 5.58 Å². The summed E-state index contributed by atoms with van der Waals surface area (Å²) < 4.78 is 6.46. The molecule has 0 aliphatic carbocycles. The van der Waals surface area contributed by atoms with Crippen LogP contribution < -0.4 is 16.0 Å². The van der Waals surface area contributed by atoms with Crippen molar-refractivity contribution in [3.05, 3.63) is 59.1 Å². The van der Waals surface area contributed by atoms with Gasteiger partial charge in [0.2, 0.25) is 11.8 Å². The van der Waals surface area contributed by atoms with E-state index < -0.39 is 11.7 Å². The van der Waals surface area contributed by atoms with Gasteiger partial charge in [-0.2, -0.15) is 0 Å². The Morgan fingerprint density at radius 3 is 2.69 bits per heavy atom. The molecule has 26 heavy (non-hydrogen) atoms. The molecule has 0 saturated carbocycles. The number of nitrogens with one attached hydrogen (secondary N) is 1. The molecule has 2 heterocycles. The van der Waals surface area contributed by atoms with Gasteiger partial charge >= 0.3 is 5.76 Å². The molecule has 2 amide bonds. The molecule has 2 aromatic carbocycles. The highest BCUT2D eigenvalue weighted by Gasteiger charge is 2.35. The first kappa shape index (κ1) is 16.1. The van der Waals surface area contributed by atoms with Crippen LogP contribution in [0.25, 0.3) is 11.1 Å². The number of amides is 2. The molecule has 1 unspecified atom stereocenters. The molecule has 1 aliphatic heterocycles. The fourth-order valence-electron chi connectivity index (χ4n) is 3.19. The van der Waals surface area contributed by atoms with Crippen LogP contribution in [-0.2, 0) is 16.6 Å². The van der Waals surface area contributed by atoms with E-state index in [2.05, 4.69) is 5.32 Å². The van der Waals surface area contributed by atoms with E-state index in [4.69, 9.17) is 4.42 Å². The van der Waals surface area contributed by atoms with E-state index in [1.54, 1.807) is 30.1 Å². The molecule has 0 radical (unpaired) electrons. The highest BCUT2D eigenvalue weighted by Crippen LogP contribution is 2.26. The van der Waals surface area contributed by atoms with Crippen LogP contribution in [0.1, 0.15) is 6.42 Å². The van der Waals surface area contributed by atoms with Gasteiger partial charge in [-0.3, -0.25) is 14.2 Å². The minimum Gasteiger partial charge on any atom is -0.408 e. The molecule has 7 heteroatoms. The smallest absolute Gasteiger partial charge is 0.408 e. The van der Waals surface area contributed by atoms with Crippen LogP contribution in [0, 0.1) is 5.92 Å². The van der Waals surface area contributed by atoms with Crippen molar-refractivity contribution in [1.82, 2.24) is 4.57 Å². The number of anilines is 2. The normalized spacial score (nSPS) is 17.0. The molecule has 0 spiro atoms. The maximum absolute atomic E-state index is 12.6. The molecule has 1 aliphatic rings. The Bertz CT molecular complexity index is 1050. The van der Waals surface area contributed by atoms with E-state index in [0.29, 0.717) is 23.3 Å². The van der Waals surface area contributed by atoms with E-state index in [-0.39, 0.29) is 18.2 Å². The summed E-state index contributed by atoms with van der Waals surface area (Å²) in [7, 11) is 1.60. The second-order valence-corrected chi connectivity index (χ2v) is 6.34. The summed E-state index contributed by atoms with van der Waals surface area (Å²) in [6.45, 7) is 0.348. The van der Waals surface area contributed by atoms with Gasteiger partial charge in [0.05, 0.1) is 11.4 Å². The van der Waals surface area contributed by atoms with E-state index in [0.717, 1.165) is 5.69 Å². The highest BCUT2D eigenvalue weighted by atomic mass is 16.4. The lowest BCUT2D eigenvalue weighted by Crippen LogP contribution is -2.28. The van der Waals surface area contributed by atoms with E-state index in [1.807, 2.05) is 30.3 Å². The second-order valence-electron chi connectivity index (χ2n) is 6.34. The monoisotopic (exact) mass is 351 g/mol. The van der Waals surface area contributed by atoms with Gasteiger partial charge in [-0.15, -0.1) is 0 Å².